The molecule has 0 spiro atoms. The van der Waals surface area contributed by atoms with E-state index in [9.17, 15) is 19.5 Å². The minimum atomic E-state index is -1.09. The highest BCUT2D eigenvalue weighted by Crippen LogP contribution is 2.68. The van der Waals surface area contributed by atoms with Crippen LogP contribution in [0.15, 0.2) is 78.9 Å². The van der Waals surface area contributed by atoms with Crippen molar-refractivity contribution < 1.29 is 43.2 Å². The van der Waals surface area contributed by atoms with Crippen LogP contribution in [-0.2, 0) is 34.2 Å². The van der Waals surface area contributed by atoms with Crippen LogP contribution in [-0.4, -0.2) is 80.6 Å². The lowest BCUT2D eigenvalue weighted by atomic mass is 9.44. The van der Waals surface area contributed by atoms with Gasteiger partial charge < -0.3 is 33.7 Å². The Morgan fingerprint density at radius 3 is 1.98 bits per heavy atom. The second-order valence-electron chi connectivity index (χ2n) is 20.8. The molecule has 4 aliphatic carbocycles. The number of hydrogen-bond acceptors (Lipinski definition) is 8. The molecule has 0 aromatic heterocycles. The zero-order valence-corrected chi connectivity index (χ0v) is 39.7. The van der Waals surface area contributed by atoms with E-state index in [1.54, 1.807) is 14.2 Å². The summed E-state index contributed by atoms with van der Waals surface area (Å²) in [4.78, 5) is 40.8. The van der Waals surface area contributed by atoms with Crippen molar-refractivity contribution in [3.63, 3.8) is 0 Å². The van der Waals surface area contributed by atoms with Gasteiger partial charge in [0.2, 0.25) is 5.91 Å². The Bertz CT molecular complexity index is 2040. The van der Waals surface area contributed by atoms with Crippen LogP contribution < -0.4 is 9.47 Å². The number of nitrogens with zero attached hydrogens (tertiary/aromatic N) is 1. The van der Waals surface area contributed by atoms with Crippen molar-refractivity contribution in [2.45, 2.75) is 135 Å². The minimum Gasteiger partial charge on any atom is -0.497 e. The lowest BCUT2D eigenvalue weighted by Gasteiger charge is -2.61. The van der Waals surface area contributed by atoms with Gasteiger partial charge in [-0.2, -0.15) is 0 Å². The molecule has 0 bridgehead atoms. The topological polar surface area (TPSA) is 121 Å². The molecular formula is C55H73NO9. The number of likely N-dealkylation sites (tertiary alicyclic amines) is 1. The van der Waals surface area contributed by atoms with Crippen LogP contribution in [0.25, 0.3) is 0 Å². The van der Waals surface area contributed by atoms with Crippen LogP contribution in [0, 0.1) is 46.3 Å². The first-order valence-corrected chi connectivity index (χ1v) is 24.5. The van der Waals surface area contributed by atoms with E-state index in [1.807, 2.05) is 78.7 Å². The molecule has 1 aliphatic heterocycles. The van der Waals surface area contributed by atoms with Crippen molar-refractivity contribution in [3.05, 3.63) is 95.6 Å². The number of ether oxygens (including phenoxy) is 5. The van der Waals surface area contributed by atoms with Gasteiger partial charge in [-0.25, -0.2) is 0 Å². The van der Waals surface area contributed by atoms with E-state index >= 15 is 0 Å². The largest absolute Gasteiger partial charge is 0.497 e. The molecule has 3 aromatic carbocycles. The van der Waals surface area contributed by atoms with Gasteiger partial charge in [0.1, 0.15) is 23.2 Å². The smallest absolute Gasteiger partial charge is 0.306 e. The molecule has 1 N–H and O–H groups in total. The second-order valence-corrected chi connectivity index (χ2v) is 20.8. The van der Waals surface area contributed by atoms with Crippen molar-refractivity contribution >= 4 is 17.8 Å². The summed E-state index contributed by atoms with van der Waals surface area (Å²) in [6, 6.07) is 25.5. The normalized spacial score (nSPS) is 31.3. The number of benzene rings is 3. The Labute approximate surface area is 387 Å². The predicted molar refractivity (Wildman–Crippen MR) is 250 cm³/mol. The van der Waals surface area contributed by atoms with Gasteiger partial charge in [-0.3, -0.25) is 14.4 Å². The summed E-state index contributed by atoms with van der Waals surface area (Å²) in [5.41, 5.74) is 2.31. The summed E-state index contributed by atoms with van der Waals surface area (Å²) in [5.74, 6) is 3.96. The first-order valence-electron chi connectivity index (χ1n) is 24.5. The van der Waals surface area contributed by atoms with Crippen LogP contribution in [0.3, 0.4) is 0 Å². The Morgan fingerprint density at radius 2 is 1.35 bits per heavy atom. The molecule has 5 aliphatic rings. The van der Waals surface area contributed by atoms with Gasteiger partial charge in [0, 0.05) is 20.0 Å². The molecule has 352 valence electrons. The number of carbonyl (C=O) groups excluding carboxylic acids is 2. The van der Waals surface area contributed by atoms with E-state index in [0.717, 1.165) is 58.3 Å². The predicted octanol–water partition coefficient (Wildman–Crippen LogP) is 10.5. The number of hydrogen-bond donors (Lipinski definition) is 1. The van der Waals surface area contributed by atoms with Gasteiger partial charge in [-0.15, -0.1) is 0 Å². The first kappa shape index (κ1) is 47.1. The van der Waals surface area contributed by atoms with Crippen LogP contribution in [0.4, 0.5) is 0 Å². The maximum atomic E-state index is 14.7. The summed E-state index contributed by atoms with van der Waals surface area (Å²) in [5, 5.41) is 9.25. The van der Waals surface area contributed by atoms with Crippen molar-refractivity contribution in [1.29, 1.82) is 0 Å². The molecule has 65 heavy (non-hydrogen) atoms. The molecule has 4 saturated carbocycles. The van der Waals surface area contributed by atoms with Crippen molar-refractivity contribution in [1.82, 2.24) is 4.90 Å². The van der Waals surface area contributed by atoms with Crippen molar-refractivity contribution in [3.8, 4) is 11.5 Å². The fraction of sp³-hybridized carbons (Fsp3) is 0.618. The molecule has 1 heterocycles. The maximum Gasteiger partial charge on any atom is 0.306 e. The molecule has 10 heteroatoms. The Balaban J connectivity index is 1.01. The molecule has 11 atom stereocenters. The number of aliphatic carboxylic acids is 1. The molecule has 5 fully saturated rings. The maximum absolute atomic E-state index is 14.7. The van der Waals surface area contributed by atoms with E-state index in [1.165, 1.54) is 57.8 Å². The van der Waals surface area contributed by atoms with Crippen LogP contribution in [0.1, 0.15) is 127 Å². The molecule has 1 unspecified atom stereocenters. The standard InChI is InChI=1S/C55H73NO9/c1-36(47-23-24-48-46-22-17-40-32-44(63-6)28-30-53(40,2)49(46)29-31-54(47,48)3)12-25-50(57)56-34-45(65-52(60)27-26-51(58)59)33-41(56)35-64-55(37-10-8-7-9-11-37,38-13-18-42(61-4)19-14-38)39-15-20-43(62-5)21-16-39/h7-11,13-16,18-21,36,40-41,44-49H,12,17,22-35H2,1-6H3,(H,58,59)/t36-,40?,41+,44-,45-,46+,47-,48+,49+,53+,54-/m1/s1. The van der Waals surface area contributed by atoms with Gasteiger partial charge in [-0.05, 0) is 152 Å². The summed E-state index contributed by atoms with van der Waals surface area (Å²) >= 11 is 0. The highest BCUT2D eigenvalue weighted by atomic mass is 16.5. The molecule has 1 amide bonds. The lowest BCUT2D eigenvalue weighted by Crippen LogP contribution is -2.54. The van der Waals surface area contributed by atoms with Crippen molar-refractivity contribution in [2.24, 2.45) is 46.3 Å². The van der Waals surface area contributed by atoms with Gasteiger partial charge in [0.25, 0.3) is 0 Å². The van der Waals surface area contributed by atoms with E-state index in [2.05, 4.69) is 32.9 Å². The summed E-state index contributed by atoms with van der Waals surface area (Å²) < 4.78 is 30.2. The van der Waals surface area contributed by atoms with Gasteiger partial charge >= 0.3 is 11.9 Å². The summed E-state index contributed by atoms with van der Waals surface area (Å²) in [7, 11) is 5.18. The fourth-order valence-electron chi connectivity index (χ4n) is 14.3. The van der Waals surface area contributed by atoms with Crippen LogP contribution in [0.5, 0.6) is 11.5 Å². The first-order chi connectivity index (χ1) is 31.3. The van der Waals surface area contributed by atoms with E-state index < -0.39 is 29.7 Å². The van der Waals surface area contributed by atoms with E-state index in [-0.39, 0.29) is 31.9 Å². The Hall–Kier alpha value is -4.41. The third kappa shape index (κ3) is 9.32. The number of amides is 1. The van der Waals surface area contributed by atoms with E-state index in [0.29, 0.717) is 41.6 Å². The van der Waals surface area contributed by atoms with Gasteiger partial charge in [0.15, 0.2) is 0 Å². The summed E-state index contributed by atoms with van der Waals surface area (Å²) in [6.45, 7) is 8.01. The third-order valence-corrected chi connectivity index (χ3v) is 17.7. The highest BCUT2D eigenvalue weighted by Gasteiger charge is 2.60. The number of methoxy groups -OCH3 is 3. The zero-order chi connectivity index (χ0) is 45.9. The number of carboxylic acids is 1. The van der Waals surface area contributed by atoms with Crippen molar-refractivity contribution in [2.75, 3.05) is 34.5 Å². The van der Waals surface area contributed by atoms with Gasteiger partial charge in [-0.1, -0.05) is 75.4 Å². The number of fused-ring (bicyclic) bond motifs is 5. The summed E-state index contributed by atoms with van der Waals surface area (Å²) in [6.07, 6.45) is 12.4. The average molecular weight is 892 g/mol. The Kier molecular flexibility index (Phi) is 14.4. The number of rotatable bonds is 17. The Morgan fingerprint density at radius 1 is 0.723 bits per heavy atom. The zero-order valence-electron chi connectivity index (χ0n) is 39.7. The molecule has 10 nitrogen and oxygen atoms in total. The fourth-order valence-corrected chi connectivity index (χ4v) is 14.3. The molecule has 0 radical (unpaired) electrons. The van der Waals surface area contributed by atoms with E-state index in [4.69, 9.17) is 23.7 Å². The number of carboxylic acid groups (broad SMARTS) is 1. The number of carbonyl (C=O) groups is 3. The minimum absolute atomic E-state index is 0.0371. The quantitative estimate of drug-likeness (QED) is 0.104. The van der Waals surface area contributed by atoms with Crippen LogP contribution in [0.2, 0.25) is 0 Å². The number of esters is 1. The molecule has 8 rings (SSSR count). The highest BCUT2D eigenvalue weighted by molar-refractivity contribution is 5.78. The van der Waals surface area contributed by atoms with Crippen LogP contribution >= 0.6 is 0 Å². The average Bonchev–Trinajstić information content (AvgIpc) is 3.90. The lowest BCUT2D eigenvalue weighted by molar-refractivity contribution is -0.152. The molecular weight excluding hydrogens is 819 g/mol. The monoisotopic (exact) mass is 892 g/mol. The third-order valence-electron chi connectivity index (χ3n) is 17.7. The molecule has 3 aromatic rings. The van der Waals surface area contributed by atoms with Gasteiger partial charge in [0.05, 0.1) is 52.4 Å². The molecule has 1 saturated heterocycles. The second kappa shape index (κ2) is 19.8. The SMILES string of the molecule is COc1ccc(C(OC[C@@H]2C[C@@H](OC(=O)CCC(=O)O)CN2C(=O)CC[C@@H](C)[C@H]2CC[C@H]3[C@@H]4CCC5C[C@H](OC)CC[C@]5(C)[C@H]4CC[C@]23C)(c2ccccc2)c2ccc(OC)cc2)cc1.